The molecule has 124 valence electrons. The zero-order valence-electron chi connectivity index (χ0n) is 13.6. The molecule has 2 aromatic rings. The van der Waals surface area contributed by atoms with E-state index < -0.39 is 0 Å². The number of piperidine rings is 1. The smallest absolute Gasteiger partial charge is 0.125 e. The van der Waals surface area contributed by atoms with Gasteiger partial charge in [-0.1, -0.05) is 54.4 Å². The first-order valence-corrected chi connectivity index (χ1v) is 9.04. The Bertz CT molecular complexity index is 735. The van der Waals surface area contributed by atoms with Crippen LogP contribution in [-0.4, -0.2) is 17.0 Å². The van der Waals surface area contributed by atoms with Crippen LogP contribution in [0.2, 0.25) is 5.02 Å². The molecule has 0 amide bonds. The predicted molar refractivity (Wildman–Crippen MR) is 97.4 cm³/mol. The van der Waals surface area contributed by atoms with Crippen molar-refractivity contribution in [2.24, 2.45) is 0 Å². The highest BCUT2D eigenvalue weighted by molar-refractivity contribution is 6.30. The van der Waals surface area contributed by atoms with Crippen LogP contribution in [0.4, 0.5) is 4.39 Å². The Kier molecular flexibility index (Phi) is 4.43. The fourth-order valence-electron chi connectivity index (χ4n) is 4.11. The molecule has 24 heavy (non-hydrogen) atoms. The second kappa shape index (κ2) is 6.70. The maximum absolute atomic E-state index is 13.7. The summed E-state index contributed by atoms with van der Waals surface area (Å²) in [6, 6.07) is 16.5. The van der Waals surface area contributed by atoms with Gasteiger partial charge in [-0.05, 0) is 54.2 Å². The molecule has 2 aliphatic heterocycles. The first kappa shape index (κ1) is 15.9. The van der Waals surface area contributed by atoms with E-state index in [1.807, 2.05) is 6.07 Å². The maximum atomic E-state index is 13.7. The second-order valence-electron chi connectivity index (χ2n) is 6.86. The summed E-state index contributed by atoms with van der Waals surface area (Å²) in [7, 11) is 0. The van der Waals surface area contributed by atoms with E-state index in [2.05, 4.69) is 41.3 Å². The van der Waals surface area contributed by atoms with Crippen LogP contribution in [0.15, 0.2) is 54.6 Å². The summed E-state index contributed by atoms with van der Waals surface area (Å²) >= 11 is 6.05. The van der Waals surface area contributed by atoms with Crippen LogP contribution in [0.5, 0.6) is 0 Å². The van der Waals surface area contributed by atoms with Crippen molar-refractivity contribution in [1.29, 1.82) is 0 Å². The summed E-state index contributed by atoms with van der Waals surface area (Å²) in [6.45, 7) is 0.990. The van der Waals surface area contributed by atoms with E-state index in [1.165, 1.54) is 36.5 Å². The lowest BCUT2D eigenvalue weighted by atomic mass is 9.82. The molecular weight excluding hydrogens is 321 g/mol. The Morgan fingerprint density at radius 3 is 2.67 bits per heavy atom. The van der Waals surface area contributed by atoms with E-state index in [0.717, 1.165) is 18.5 Å². The van der Waals surface area contributed by atoms with Gasteiger partial charge < -0.3 is 0 Å². The first-order chi connectivity index (χ1) is 11.7. The Balaban J connectivity index is 1.62. The Hall–Kier alpha value is -1.64. The molecule has 2 aliphatic rings. The van der Waals surface area contributed by atoms with Gasteiger partial charge in [-0.2, -0.15) is 0 Å². The molecule has 0 aliphatic carbocycles. The topological polar surface area (TPSA) is 3.24 Å². The number of rotatable bonds is 3. The molecule has 0 N–H and O–H groups in total. The molecule has 1 saturated heterocycles. The third-order valence-electron chi connectivity index (χ3n) is 5.22. The van der Waals surface area contributed by atoms with Gasteiger partial charge in [0.1, 0.15) is 5.82 Å². The van der Waals surface area contributed by atoms with Crippen molar-refractivity contribution in [2.75, 3.05) is 0 Å². The van der Waals surface area contributed by atoms with Crippen molar-refractivity contribution < 1.29 is 4.39 Å². The first-order valence-electron chi connectivity index (χ1n) is 8.66. The van der Waals surface area contributed by atoms with E-state index in [0.29, 0.717) is 17.1 Å². The normalized spacial score (nSPS) is 23.8. The molecule has 0 radical (unpaired) electrons. The monoisotopic (exact) mass is 341 g/mol. The quantitative estimate of drug-likeness (QED) is 0.693. The minimum absolute atomic E-state index is 0.254. The van der Waals surface area contributed by atoms with Gasteiger partial charge in [0.25, 0.3) is 0 Å². The number of fused-ring (bicyclic) bond motifs is 2. The molecule has 2 bridgehead atoms. The second-order valence-corrected chi connectivity index (χ2v) is 7.30. The van der Waals surface area contributed by atoms with Crippen LogP contribution in [0, 0.1) is 5.82 Å². The number of halogens is 2. The highest BCUT2D eigenvalue weighted by atomic mass is 35.5. The number of hydrogen-bond donors (Lipinski definition) is 0. The van der Waals surface area contributed by atoms with E-state index >= 15 is 0 Å². The molecule has 1 fully saturated rings. The van der Waals surface area contributed by atoms with E-state index in [9.17, 15) is 4.39 Å². The van der Waals surface area contributed by atoms with Gasteiger partial charge in [0.15, 0.2) is 0 Å². The van der Waals surface area contributed by atoms with Crippen LogP contribution in [-0.2, 0) is 6.54 Å². The van der Waals surface area contributed by atoms with Crippen LogP contribution in [0.1, 0.15) is 36.8 Å². The van der Waals surface area contributed by atoms with Crippen LogP contribution < -0.4 is 0 Å². The zero-order chi connectivity index (χ0) is 16.5. The van der Waals surface area contributed by atoms with Gasteiger partial charge in [-0.25, -0.2) is 4.39 Å². The largest absolute Gasteiger partial charge is 0.289 e. The van der Waals surface area contributed by atoms with Crippen molar-refractivity contribution in [2.45, 2.75) is 44.3 Å². The molecule has 4 rings (SSSR count). The highest BCUT2D eigenvalue weighted by Gasteiger charge is 2.34. The molecule has 3 heteroatoms. The third-order valence-corrected chi connectivity index (χ3v) is 5.44. The molecule has 2 atom stereocenters. The van der Waals surface area contributed by atoms with Crippen LogP contribution in [0.25, 0.3) is 5.57 Å². The van der Waals surface area contributed by atoms with E-state index in [4.69, 9.17) is 11.6 Å². The van der Waals surface area contributed by atoms with Crippen LogP contribution in [0.3, 0.4) is 0 Å². The molecule has 2 heterocycles. The summed E-state index contributed by atoms with van der Waals surface area (Å²) < 4.78 is 13.7. The van der Waals surface area contributed by atoms with Gasteiger partial charge in [0, 0.05) is 23.7 Å². The Morgan fingerprint density at radius 1 is 1.08 bits per heavy atom. The van der Waals surface area contributed by atoms with Crippen molar-refractivity contribution in [3.05, 3.63) is 76.6 Å². The van der Waals surface area contributed by atoms with E-state index in [-0.39, 0.29) is 5.82 Å². The third kappa shape index (κ3) is 3.26. The van der Waals surface area contributed by atoms with Gasteiger partial charge in [0.2, 0.25) is 0 Å². The number of nitrogens with zero attached hydrogens (tertiary/aromatic N) is 1. The lowest BCUT2D eigenvalue weighted by Crippen LogP contribution is -2.47. The standard InChI is InChI=1S/C21H21ClFN/c22-18-9-16(10-19(23)13-18)17-11-20-7-4-8-21(12-17)24(20)14-15-5-2-1-3-6-15/h1-3,5-6,9-11,13,20-21H,4,7-8,12,14H2. The highest BCUT2D eigenvalue weighted by Crippen LogP contribution is 2.38. The van der Waals surface area contributed by atoms with Crippen LogP contribution >= 0.6 is 11.6 Å². The fourth-order valence-corrected chi connectivity index (χ4v) is 4.33. The van der Waals surface area contributed by atoms with Gasteiger partial charge >= 0.3 is 0 Å². The lowest BCUT2D eigenvalue weighted by Gasteiger charge is -2.45. The molecule has 0 saturated carbocycles. The predicted octanol–water partition coefficient (Wildman–Crippen LogP) is 5.69. The molecule has 2 unspecified atom stereocenters. The zero-order valence-corrected chi connectivity index (χ0v) is 14.3. The summed E-state index contributed by atoms with van der Waals surface area (Å²) in [4.78, 5) is 2.61. The lowest BCUT2D eigenvalue weighted by molar-refractivity contribution is 0.0951. The molecule has 2 aromatic carbocycles. The maximum Gasteiger partial charge on any atom is 0.125 e. The van der Waals surface area contributed by atoms with Gasteiger partial charge in [-0.3, -0.25) is 4.90 Å². The number of hydrogen-bond acceptors (Lipinski definition) is 1. The van der Waals surface area contributed by atoms with Gasteiger partial charge in [0.05, 0.1) is 0 Å². The Labute approximate surface area is 147 Å². The summed E-state index contributed by atoms with van der Waals surface area (Å²) in [5.41, 5.74) is 3.55. The van der Waals surface area contributed by atoms with Gasteiger partial charge in [-0.15, -0.1) is 0 Å². The molecule has 1 nitrogen and oxygen atoms in total. The SMILES string of the molecule is Fc1cc(Cl)cc(C2=CC3CCCC(C2)N3Cc2ccccc2)c1. The molecule has 0 spiro atoms. The number of benzene rings is 2. The average molecular weight is 342 g/mol. The van der Waals surface area contributed by atoms with Crippen molar-refractivity contribution in [1.82, 2.24) is 4.90 Å². The summed E-state index contributed by atoms with van der Waals surface area (Å²) in [6.07, 6.45) is 6.97. The minimum atomic E-state index is -0.254. The minimum Gasteiger partial charge on any atom is -0.289 e. The fraction of sp³-hybridized carbons (Fsp3) is 0.333. The summed E-state index contributed by atoms with van der Waals surface area (Å²) in [5, 5.41) is 0.475. The van der Waals surface area contributed by atoms with E-state index in [1.54, 1.807) is 6.07 Å². The summed E-state index contributed by atoms with van der Waals surface area (Å²) in [5.74, 6) is -0.254. The van der Waals surface area contributed by atoms with Crippen molar-refractivity contribution in [3.63, 3.8) is 0 Å². The molecule has 0 aromatic heterocycles. The average Bonchev–Trinajstić information content (AvgIpc) is 2.54. The Morgan fingerprint density at radius 2 is 1.92 bits per heavy atom. The molecular formula is C21H21ClFN. The van der Waals surface area contributed by atoms with Crippen molar-refractivity contribution in [3.8, 4) is 0 Å². The van der Waals surface area contributed by atoms with Crippen molar-refractivity contribution >= 4 is 17.2 Å².